The Kier molecular flexibility index (Phi) is 4.66. The van der Waals surface area contributed by atoms with Gasteiger partial charge >= 0.3 is 0 Å². The van der Waals surface area contributed by atoms with Gasteiger partial charge in [-0.25, -0.2) is 0 Å². The minimum absolute atomic E-state index is 0.705. The van der Waals surface area contributed by atoms with Crippen LogP contribution in [0.5, 0.6) is 0 Å². The van der Waals surface area contributed by atoms with Crippen LogP contribution in [0.2, 0.25) is 10.0 Å². The van der Waals surface area contributed by atoms with Crippen LogP contribution in [0.1, 0.15) is 29.4 Å². The van der Waals surface area contributed by atoms with Gasteiger partial charge in [-0.05, 0) is 57.0 Å². The summed E-state index contributed by atoms with van der Waals surface area (Å²) in [5, 5.41) is 4.81. The lowest BCUT2D eigenvalue weighted by Gasteiger charge is -2.11. The van der Waals surface area contributed by atoms with E-state index in [-0.39, 0.29) is 0 Å². The molecule has 108 valence electrons. The molecule has 1 aromatic carbocycles. The first-order chi connectivity index (χ1) is 9.43. The molecule has 0 bridgehead atoms. The van der Waals surface area contributed by atoms with E-state index in [1.165, 1.54) is 17.0 Å². The number of hydrogen-bond donors (Lipinski definition) is 1. The average Bonchev–Trinajstić information content (AvgIpc) is 2.66. The molecular formula is C16H20Cl2N2. The first kappa shape index (κ1) is 15.3. The van der Waals surface area contributed by atoms with Crippen molar-refractivity contribution in [3.8, 4) is 0 Å². The van der Waals surface area contributed by atoms with Crippen molar-refractivity contribution < 1.29 is 0 Å². The molecule has 1 aromatic heterocycles. The molecule has 1 heterocycles. The largest absolute Gasteiger partial charge is 0.380 e. The van der Waals surface area contributed by atoms with Gasteiger partial charge in [0.1, 0.15) is 0 Å². The van der Waals surface area contributed by atoms with E-state index in [9.17, 15) is 0 Å². The SMILES string of the molecule is CCn1c(C)cc(CNc2cc(Cl)c(C)cc2Cl)c1C. The highest BCUT2D eigenvalue weighted by Gasteiger charge is 2.09. The van der Waals surface area contributed by atoms with E-state index in [0.29, 0.717) is 5.02 Å². The average molecular weight is 311 g/mol. The van der Waals surface area contributed by atoms with E-state index in [0.717, 1.165) is 29.4 Å². The molecule has 0 saturated carbocycles. The molecule has 0 amide bonds. The van der Waals surface area contributed by atoms with Crippen LogP contribution in [0.25, 0.3) is 0 Å². The molecule has 0 aliphatic heterocycles. The van der Waals surface area contributed by atoms with Crippen molar-refractivity contribution in [2.75, 3.05) is 5.32 Å². The van der Waals surface area contributed by atoms with Crippen LogP contribution in [0, 0.1) is 20.8 Å². The van der Waals surface area contributed by atoms with Crippen molar-refractivity contribution in [2.45, 2.75) is 40.8 Å². The molecule has 0 spiro atoms. The maximum atomic E-state index is 6.24. The fourth-order valence-corrected chi connectivity index (χ4v) is 2.96. The molecule has 0 radical (unpaired) electrons. The minimum Gasteiger partial charge on any atom is -0.380 e. The van der Waals surface area contributed by atoms with Crippen LogP contribution >= 0.6 is 23.2 Å². The van der Waals surface area contributed by atoms with E-state index < -0.39 is 0 Å². The highest BCUT2D eigenvalue weighted by atomic mass is 35.5. The number of anilines is 1. The first-order valence-corrected chi connectivity index (χ1v) is 7.54. The third-order valence-corrected chi connectivity index (χ3v) is 4.43. The normalized spacial score (nSPS) is 10.9. The summed E-state index contributed by atoms with van der Waals surface area (Å²) < 4.78 is 2.31. The van der Waals surface area contributed by atoms with Crippen molar-refractivity contribution in [3.63, 3.8) is 0 Å². The summed E-state index contributed by atoms with van der Waals surface area (Å²) >= 11 is 12.4. The summed E-state index contributed by atoms with van der Waals surface area (Å²) in [7, 11) is 0. The lowest BCUT2D eigenvalue weighted by Crippen LogP contribution is -2.03. The summed E-state index contributed by atoms with van der Waals surface area (Å²) in [5.41, 5.74) is 5.74. The molecule has 1 N–H and O–H groups in total. The van der Waals surface area contributed by atoms with Gasteiger partial charge in [0.2, 0.25) is 0 Å². The Morgan fingerprint density at radius 2 is 1.75 bits per heavy atom. The molecule has 4 heteroatoms. The number of halogens is 2. The van der Waals surface area contributed by atoms with Crippen molar-refractivity contribution in [3.05, 3.63) is 50.8 Å². The highest BCUT2D eigenvalue weighted by Crippen LogP contribution is 2.29. The molecule has 20 heavy (non-hydrogen) atoms. The summed E-state index contributed by atoms with van der Waals surface area (Å²) in [4.78, 5) is 0. The van der Waals surface area contributed by atoms with Gasteiger partial charge in [-0.3, -0.25) is 0 Å². The Balaban J connectivity index is 2.19. The fraction of sp³-hybridized carbons (Fsp3) is 0.375. The Labute approximate surface area is 130 Å². The summed E-state index contributed by atoms with van der Waals surface area (Å²) in [5.74, 6) is 0. The van der Waals surface area contributed by atoms with Gasteiger partial charge in [0.15, 0.2) is 0 Å². The van der Waals surface area contributed by atoms with E-state index in [2.05, 4.69) is 36.7 Å². The quantitative estimate of drug-likeness (QED) is 0.805. The van der Waals surface area contributed by atoms with E-state index in [1.54, 1.807) is 0 Å². The van der Waals surface area contributed by atoms with Crippen LogP contribution in [-0.4, -0.2) is 4.57 Å². The molecular weight excluding hydrogens is 291 g/mol. The Hall–Kier alpha value is -1.12. The Morgan fingerprint density at radius 1 is 1.05 bits per heavy atom. The van der Waals surface area contributed by atoms with Crippen LogP contribution in [-0.2, 0) is 13.1 Å². The second-order valence-corrected chi connectivity index (χ2v) is 5.89. The molecule has 0 saturated heterocycles. The summed E-state index contributed by atoms with van der Waals surface area (Å²) in [6.45, 7) is 10.1. The van der Waals surface area contributed by atoms with Crippen molar-refractivity contribution in [1.82, 2.24) is 4.57 Å². The standard InChI is InChI=1S/C16H20Cl2N2/c1-5-20-11(3)7-13(12(20)4)9-19-16-8-14(17)10(2)6-15(16)18/h6-8,19H,5,9H2,1-4H3. The first-order valence-electron chi connectivity index (χ1n) is 6.79. The molecule has 2 rings (SSSR count). The zero-order valence-corrected chi connectivity index (χ0v) is 13.9. The topological polar surface area (TPSA) is 17.0 Å². The van der Waals surface area contributed by atoms with Crippen molar-refractivity contribution in [2.24, 2.45) is 0 Å². The highest BCUT2D eigenvalue weighted by molar-refractivity contribution is 6.35. The number of aryl methyl sites for hydroxylation is 2. The van der Waals surface area contributed by atoms with Crippen LogP contribution in [0.4, 0.5) is 5.69 Å². The lowest BCUT2D eigenvalue weighted by atomic mass is 10.2. The number of rotatable bonds is 4. The number of nitrogens with zero attached hydrogens (tertiary/aromatic N) is 1. The zero-order valence-electron chi connectivity index (χ0n) is 12.3. The number of hydrogen-bond acceptors (Lipinski definition) is 1. The third kappa shape index (κ3) is 2.97. The fourth-order valence-electron chi connectivity index (χ4n) is 2.51. The Bertz CT molecular complexity index is 630. The van der Waals surface area contributed by atoms with Gasteiger partial charge in [-0.1, -0.05) is 23.2 Å². The van der Waals surface area contributed by atoms with Gasteiger partial charge in [-0.15, -0.1) is 0 Å². The van der Waals surface area contributed by atoms with Gasteiger partial charge in [0.05, 0.1) is 10.7 Å². The van der Waals surface area contributed by atoms with E-state index in [4.69, 9.17) is 23.2 Å². The number of nitrogens with one attached hydrogen (secondary N) is 1. The molecule has 0 aliphatic rings. The zero-order chi connectivity index (χ0) is 14.9. The van der Waals surface area contributed by atoms with Crippen molar-refractivity contribution in [1.29, 1.82) is 0 Å². The molecule has 2 aromatic rings. The monoisotopic (exact) mass is 310 g/mol. The second kappa shape index (κ2) is 6.11. The Morgan fingerprint density at radius 3 is 2.35 bits per heavy atom. The minimum atomic E-state index is 0.705. The molecule has 2 nitrogen and oxygen atoms in total. The van der Waals surface area contributed by atoms with E-state index >= 15 is 0 Å². The van der Waals surface area contributed by atoms with Crippen LogP contribution < -0.4 is 5.32 Å². The molecule has 0 unspecified atom stereocenters. The number of aromatic nitrogens is 1. The molecule has 0 atom stereocenters. The number of benzene rings is 1. The van der Waals surface area contributed by atoms with Gasteiger partial charge in [0, 0.05) is 29.5 Å². The predicted octanol–water partition coefficient (Wildman–Crippen LogP) is 5.35. The van der Waals surface area contributed by atoms with Gasteiger partial charge < -0.3 is 9.88 Å². The molecule has 0 aliphatic carbocycles. The maximum Gasteiger partial charge on any atom is 0.0641 e. The second-order valence-electron chi connectivity index (χ2n) is 5.08. The third-order valence-electron chi connectivity index (χ3n) is 3.71. The smallest absolute Gasteiger partial charge is 0.0641 e. The maximum absolute atomic E-state index is 6.24. The van der Waals surface area contributed by atoms with Crippen molar-refractivity contribution >= 4 is 28.9 Å². The van der Waals surface area contributed by atoms with Crippen LogP contribution in [0.15, 0.2) is 18.2 Å². The predicted molar refractivity (Wildman–Crippen MR) is 88.1 cm³/mol. The summed E-state index contributed by atoms with van der Waals surface area (Å²) in [6.07, 6.45) is 0. The summed E-state index contributed by atoms with van der Waals surface area (Å²) in [6, 6.07) is 6.00. The lowest BCUT2D eigenvalue weighted by molar-refractivity contribution is 0.715. The van der Waals surface area contributed by atoms with Gasteiger partial charge in [0.25, 0.3) is 0 Å². The van der Waals surface area contributed by atoms with Gasteiger partial charge in [-0.2, -0.15) is 0 Å². The molecule has 0 fully saturated rings. The van der Waals surface area contributed by atoms with Crippen LogP contribution in [0.3, 0.4) is 0 Å². The van der Waals surface area contributed by atoms with E-state index in [1.807, 2.05) is 19.1 Å².